The second-order valence-corrected chi connectivity index (χ2v) is 5.07. The van der Waals surface area contributed by atoms with Gasteiger partial charge in [0.2, 0.25) is 0 Å². The number of nitrogens with two attached hydrogens (primary N) is 1. The summed E-state index contributed by atoms with van der Waals surface area (Å²) in [5.74, 6) is 0. The van der Waals surface area contributed by atoms with Crippen LogP contribution < -0.4 is 5.73 Å². The summed E-state index contributed by atoms with van der Waals surface area (Å²) < 4.78 is 0. The van der Waals surface area contributed by atoms with Gasteiger partial charge in [-0.25, -0.2) is 0 Å². The largest absolute Gasteiger partial charge is 0.388 e. The van der Waals surface area contributed by atoms with Crippen LogP contribution in [0, 0.1) is 0 Å². The van der Waals surface area contributed by atoms with Crippen LogP contribution in [0.5, 0.6) is 0 Å². The van der Waals surface area contributed by atoms with Crippen LogP contribution in [0.25, 0.3) is 0 Å². The van der Waals surface area contributed by atoms with Gasteiger partial charge in [-0.15, -0.1) is 11.3 Å². The van der Waals surface area contributed by atoms with Crippen molar-refractivity contribution in [3.05, 3.63) is 21.4 Å². The summed E-state index contributed by atoms with van der Waals surface area (Å²) in [6.45, 7) is 0.559. The molecule has 0 unspecified atom stereocenters. The van der Waals surface area contributed by atoms with E-state index in [2.05, 4.69) is 6.07 Å². The fourth-order valence-electron chi connectivity index (χ4n) is 1.98. The van der Waals surface area contributed by atoms with Crippen LogP contribution in [0.4, 0.5) is 0 Å². The molecule has 0 aliphatic heterocycles. The van der Waals surface area contributed by atoms with Crippen molar-refractivity contribution in [2.24, 2.45) is 5.73 Å². The highest BCUT2D eigenvalue weighted by Crippen LogP contribution is 2.33. The van der Waals surface area contributed by atoms with Crippen molar-refractivity contribution in [2.45, 2.75) is 38.2 Å². The third-order valence-electron chi connectivity index (χ3n) is 2.78. The first kappa shape index (κ1) is 10.1. The van der Waals surface area contributed by atoms with Crippen molar-refractivity contribution in [1.82, 2.24) is 0 Å². The summed E-state index contributed by atoms with van der Waals surface area (Å²) in [5, 5.41) is 9.80. The average Bonchev–Trinajstić information content (AvgIpc) is 2.61. The van der Waals surface area contributed by atoms with E-state index < -0.39 is 0 Å². The second kappa shape index (κ2) is 4.43. The minimum absolute atomic E-state index is 0.337. The van der Waals surface area contributed by atoms with Gasteiger partial charge < -0.3 is 10.8 Å². The van der Waals surface area contributed by atoms with Crippen molar-refractivity contribution in [3.8, 4) is 0 Å². The fourth-order valence-corrected chi connectivity index (χ4v) is 3.26. The first-order chi connectivity index (χ1) is 6.81. The molecule has 0 spiro atoms. The Morgan fingerprint density at radius 3 is 2.93 bits per heavy atom. The van der Waals surface area contributed by atoms with E-state index in [1.807, 2.05) is 0 Å². The third-order valence-corrected chi connectivity index (χ3v) is 4.12. The minimum Gasteiger partial charge on any atom is -0.388 e. The number of rotatable bonds is 3. The monoisotopic (exact) mass is 211 g/mol. The number of hydrogen-bond donors (Lipinski definition) is 2. The molecule has 1 aromatic rings. The average molecular weight is 211 g/mol. The molecule has 2 nitrogen and oxygen atoms in total. The molecule has 0 amide bonds. The first-order valence-corrected chi connectivity index (χ1v) is 6.12. The highest BCUT2D eigenvalue weighted by molar-refractivity contribution is 7.12. The molecule has 3 N–H and O–H groups in total. The Kier molecular flexibility index (Phi) is 3.21. The van der Waals surface area contributed by atoms with Gasteiger partial charge in [-0.3, -0.25) is 0 Å². The molecule has 3 heteroatoms. The molecule has 14 heavy (non-hydrogen) atoms. The predicted molar refractivity (Wildman–Crippen MR) is 59.6 cm³/mol. The van der Waals surface area contributed by atoms with E-state index in [1.54, 1.807) is 11.3 Å². The zero-order chi connectivity index (χ0) is 9.97. The number of thiophene rings is 1. The minimum atomic E-state index is -0.337. The van der Waals surface area contributed by atoms with Crippen LogP contribution in [0.3, 0.4) is 0 Å². The molecule has 1 aromatic heterocycles. The van der Waals surface area contributed by atoms with Crippen molar-refractivity contribution in [3.63, 3.8) is 0 Å². The van der Waals surface area contributed by atoms with Gasteiger partial charge in [0.15, 0.2) is 0 Å². The molecule has 0 bridgehead atoms. The maximum absolute atomic E-state index is 9.80. The third kappa shape index (κ3) is 2.00. The van der Waals surface area contributed by atoms with Gasteiger partial charge in [-0.05, 0) is 50.3 Å². The molecule has 0 fully saturated rings. The molecule has 0 saturated carbocycles. The summed E-state index contributed by atoms with van der Waals surface area (Å²) in [6, 6.07) is 2.18. The standard InChI is InChI=1S/C11H17NOS/c12-6-5-9(13)11-7-8-3-1-2-4-10(8)14-11/h7,9,13H,1-6,12H2/t9-/m0/s1. The number of fused-ring (bicyclic) bond motifs is 1. The summed E-state index contributed by atoms with van der Waals surface area (Å²) in [7, 11) is 0. The molecular weight excluding hydrogens is 194 g/mol. The molecule has 1 heterocycles. The first-order valence-electron chi connectivity index (χ1n) is 5.31. The fraction of sp³-hybridized carbons (Fsp3) is 0.636. The Labute approximate surface area is 88.8 Å². The number of aryl methyl sites for hydroxylation is 2. The van der Waals surface area contributed by atoms with Gasteiger partial charge in [0.05, 0.1) is 6.10 Å². The van der Waals surface area contributed by atoms with Gasteiger partial charge >= 0.3 is 0 Å². The molecular formula is C11H17NOS. The van der Waals surface area contributed by atoms with Crippen LogP contribution in [-0.4, -0.2) is 11.7 Å². The summed E-state index contributed by atoms with van der Waals surface area (Å²) >= 11 is 1.78. The lowest BCUT2D eigenvalue weighted by Crippen LogP contribution is -2.05. The lowest BCUT2D eigenvalue weighted by Gasteiger charge is -2.08. The maximum Gasteiger partial charge on any atom is 0.0894 e. The van der Waals surface area contributed by atoms with Crippen LogP contribution in [-0.2, 0) is 12.8 Å². The lowest BCUT2D eigenvalue weighted by molar-refractivity contribution is 0.174. The number of hydrogen-bond acceptors (Lipinski definition) is 3. The zero-order valence-corrected chi connectivity index (χ0v) is 9.15. The van der Waals surface area contributed by atoms with Crippen LogP contribution in [0.15, 0.2) is 6.07 Å². The second-order valence-electron chi connectivity index (χ2n) is 3.90. The van der Waals surface area contributed by atoms with E-state index in [0.717, 1.165) is 4.88 Å². The Morgan fingerprint density at radius 1 is 1.43 bits per heavy atom. The van der Waals surface area contributed by atoms with E-state index in [0.29, 0.717) is 13.0 Å². The van der Waals surface area contributed by atoms with Gasteiger partial charge in [0.1, 0.15) is 0 Å². The number of aliphatic hydroxyl groups is 1. The van der Waals surface area contributed by atoms with Crippen molar-refractivity contribution in [1.29, 1.82) is 0 Å². The Balaban J connectivity index is 2.15. The van der Waals surface area contributed by atoms with Crippen molar-refractivity contribution < 1.29 is 5.11 Å². The molecule has 1 atom stereocenters. The van der Waals surface area contributed by atoms with Crippen LogP contribution in [0.2, 0.25) is 0 Å². The zero-order valence-electron chi connectivity index (χ0n) is 8.33. The molecule has 0 aromatic carbocycles. The van der Waals surface area contributed by atoms with Crippen molar-refractivity contribution in [2.75, 3.05) is 6.54 Å². The van der Waals surface area contributed by atoms with E-state index in [1.165, 1.54) is 36.1 Å². The molecule has 2 rings (SSSR count). The Morgan fingerprint density at radius 2 is 2.21 bits per heavy atom. The SMILES string of the molecule is NCC[C@H](O)c1cc2c(s1)CCCC2. The smallest absolute Gasteiger partial charge is 0.0894 e. The number of aliphatic hydroxyl groups excluding tert-OH is 1. The lowest BCUT2D eigenvalue weighted by atomic mass is 9.99. The van der Waals surface area contributed by atoms with Gasteiger partial charge in [-0.1, -0.05) is 0 Å². The molecule has 1 aliphatic rings. The summed E-state index contributed by atoms with van der Waals surface area (Å²) in [5.41, 5.74) is 6.90. The molecule has 0 saturated heterocycles. The highest BCUT2D eigenvalue weighted by atomic mass is 32.1. The van der Waals surface area contributed by atoms with Gasteiger partial charge in [-0.2, -0.15) is 0 Å². The highest BCUT2D eigenvalue weighted by Gasteiger charge is 2.16. The van der Waals surface area contributed by atoms with Gasteiger partial charge in [0, 0.05) is 9.75 Å². The summed E-state index contributed by atoms with van der Waals surface area (Å²) in [4.78, 5) is 2.60. The topological polar surface area (TPSA) is 46.2 Å². The molecule has 78 valence electrons. The predicted octanol–water partition coefficient (Wildman–Crippen LogP) is 2.01. The molecule has 0 radical (unpaired) electrons. The Bertz CT molecular complexity index is 285. The van der Waals surface area contributed by atoms with E-state index in [4.69, 9.17) is 5.73 Å². The summed E-state index contributed by atoms with van der Waals surface area (Å²) in [6.07, 6.45) is 5.35. The van der Waals surface area contributed by atoms with Crippen LogP contribution in [0.1, 0.15) is 40.7 Å². The van der Waals surface area contributed by atoms with Gasteiger partial charge in [0.25, 0.3) is 0 Å². The van der Waals surface area contributed by atoms with E-state index >= 15 is 0 Å². The quantitative estimate of drug-likeness (QED) is 0.803. The van der Waals surface area contributed by atoms with E-state index in [9.17, 15) is 5.11 Å². The van der Waals surface area contributed by atoms with Crippen molar-refractivity contribution >= 4 is 11.3 Å². The maximum atomic E-state index is 9.80. The normalized spacial score (nSPS) is 17.9. The Hall–Kier alpha value is -0.380. The van der Waals surface area contributed by atoms with E-state index in [-0.39, 0.29) is 6.10 Å². The molecule has 1 aliphatic carbocycles. The van der Waals surface area contributed by atoms with Crippen LogP contribution >= 0.6 is 11.3 Å².